The van der Waals surface area contributed by atoms with E-state index < -0.39 is 9.85 Å². The predicted octanol–water partition coefficient (Wildman–Crippen LogP) is 2.23. The molecule has 2 aromatic carbocycles. The number of nitro benzene ring substituents is 2. The van der Waals surface area contributed by atoms with Crippen molar-refractivity contribution in [3.63, 3.8) is 0 Å². The van der Waals surface area contributed by atoms with E-state index >= 15 is 0 Å². The van der Waals surface area contributed by atoms with Crippen LogP contribution in [0.25, 0.3) is 0 Å². The molecule has 2 rings (SSSR count). The Labute approximate surface area is 136 Å². The van der Waals surface area contributed by atoms with Gasteiger partial charge in [-0.3, -0.25) is 20.2 Å². The van der Waals surface area contributed by atoms with Gasteiger partial charge >= 0.3 is 0 Å². The van der Waals surface area contributed by atoms with Crippen molar-refractivity contribution in [1.29, 1.82) is 0 Å². The van der Waals surface area contributed by atoms with Gasteiger partial charge in [0.15, 0.2) is 0 Å². The topological polar surface area (TPSA) is 145 Å². The van der Waals surface area contributed by atoms with Gasteiger partial charge in [0.25, 0.3) is 11.4 Å². The van der Waals surface area contributed by atoms with E-state index in [4.69, 9.17) is 5.73 Å². The van der Waals surface area contributed by atoms with Gasteiger partial charge < -0.3 is 10.9 Å². The highest BCUT2D eigenvalue weighted by atomic mass is 16.6. The first-order valence-electron chi connectivity index (χ1n) is 6.92. The zero-order valence-electron chi connectivity index (χ0n) is 12.5. The molecule has 2 aromatic rings. The van der Waals surface area contributed by atoms with Crippen LogP contribution in [0.5, 0.6) is 0 Å². The standard InChI is InChI=1S/C15H14N4O5/c16-7-6-10-4-5-13(19(23)24)9-14(10)15(17-20)11-2-1-3-12(8-11)18(21)22/h1-5,8-9,20H,6-7,16H2/b17-15-. The van der Waals surface area contributed by atoms with Crippen LogP contribution in [0.2, 0.25) is 0 Å². The first-order valence-corrected chi connectivity index (χ1v) is 6.92. The SMILES string of the molecule is NCCc1ccc([N+](=O)[O-])cc1/C(=N\O)c1cccc([N+](=O)[O-])c1. The Morgan fingerprint density at radius 3 is 2.33 bits per heavy atom. The van der Waals surface area contributed by atoms with Crippen molar-refractivity contribution >= 4 is 17.1 Å². The minimum Gasteiger partial charge on any atom is -0.410 e. The molecular formula is C15H14N4O5. The number of oxime groups is 1. The summed E-state index contributed by atoms with van der Waals surface area (Å²) < 4.78 is 0. The smallest absolute Gasteiger partial charge is 0.270 e. The van der Waals surface area contributed by atoms with Gasteiger partial charge in [-0.1, -0.05) is 23.4 Å². The van der Waals surface area contributed by atoms with Crippen LogP contribution >= 0.6 is 0 Å². The summed E-state index contributed by atoms with van der Waals surface area (Å²) in [5, 5.41) is 34.5. The minimum absolute atomic E-state index is 0.00542. The van der Waals surface area contributed by atoms with Crippen molar-refractivity contribution in [1.82, 2.24) is 0 Å². The normalized spacial score (nSPS) is 11.3. The third-order valence-corrected chi connectivity index (χ3v) is 3.40. The van der Waals surface area contributed by atoms with Crippen LogP contribution in [-0.4, -0.2) is 27.3 Å². The third kappa shape index (κ3) is 3.52. The Morgan fingerprint density at radius 2 is 1.75 bits per heavy atom. The Morgan fingerprint density at radius 1 is 1.08 bits per heavy atom. The first kappa shape index (κ1) is 17.0. The summed E-state index contributed by atoms with van der Waals surface area (Å²) in [6.07, 6.45) is 0.404. The van der Waals surface area contributed by atoms with Crippen LogP contribution in [0, 0.1) is 20.2 Å². The van der Waals surface area contributed by atoms with Crippen molar-refractivity contribution < 1.29 is 15.1 Å². The van der Waals surface area contributed by atoms with E-state index in [9.17, 15) is 25.4 Å². The molecule has 0 saturated carbocycles. The quantitative estimate of drug-likeness (QED) is 0.359. The molecule has 0 aliphatic carbocycles. The van der Waals surface area contributed by atoms with Gasteiger partial charge in [0.2, 0.25) is 0 Å². The summed E-state index contributed by atoms with van der Waals surface area (Å²) >= 11 is 0. The highest BCUT2D eigenvalue weighted by molar-refractivity contribution is 6.14. The number of hydrogen-bond acceptors (Lipinski definition) is 7. The zero-order chi connectivity index (χ0) is 17.7. The highest BCUT2D eigenvalue weighted by Gasteiger charge is 2.18. The largest absolute Gasteiger partial charge is 0.410 e. The predicted molar refractivity (Wildman–Crippen MR) is 86.4 cm³/mol. The van der Waals surface area contributed by atoms with Gasteiger partial charge in [-0.15, -0.1) is 0 Å². The Bertz CT molecular complexity index is 819. The lowest BCUT2D eigenvalue weighted by molar-refractivity contribution is -0.385. The Kier molecular flexibility index (Phi) is 5.17. The average Bonchev–Trinajstić information content (AvgIpc) is 2.57. The molecule has 0 fully saturated rings. The second-order valence-electron chi connectivity index (χ2n) is 4.89. The van der Waals surface area contributed by atoms with Crippen molar-refractivity contribution in [2.45, 2.75) is 6.42 Å². The molecule has 0 atom stereocenters. The van der Waals surface area contributed by atoms with E-state index in [0.29, 0.717) is 24.1 Å². The number of benzene rings is 2. The lowest BCUT2D eigenvalue weighted by atomic mass is 9.95. The van der Waals surface area contributed by atoms with Crippen LogP contribution in [0.3, 0.4) is 0 Å². The fourth-order valence-corrected chi connectivity index (χ4v) is 2.31. The summed E-state index contributed by atoms with van der Waals surface area (Å²) in [5.41, 5.74) is 6.40. The van der Waals surface area contributed by atoms with Crippen LogP contribution < -0.4 is 5.73 Å². The van der Waals surface area contributed by atoms with Gasteiger partial charge in [0.1, 0.15) is 5.71 Å². The summed E-state index contributed by atoms with van der Waals surface area (Å²) in [7, 11) is 0. The molecule has 0 aromatic heterocycles. The highest BCUT2D eigenvalue weighted by Crippen LogP contribution is 2.24. The Hall–Kier alpha value is -3.33. The fraction of sp³-hybridized carbons (Fsp3) is 0.133. The van der Waals surface area contributed by atoms with Crippen molar-refractivity contribution in [2.24, 2.45) is 10.9 Å². The number of nitro groups is 2. The molecular weight excluding hydrogens is 316 g/mol. The van der Waals surface area contributed by atoms with Crippen molar-refractivity contribution in [2.75, 3.05) is 6.54 Å². The van der Waals surface area contributed by atoms with E-state index in [1.165, 1.54) is 42.5 Å². The molecule has 0 unspecified atom stereocenters. The van der Waals surface area contributed by atoms with Crippen LogP contribution in [-0.2, 0) is 6.42 Å². The number of rotatable bonds is 6. The lowest BCUT2D eigenvalue weighted by Gasteiger charge is -2.10. The molecule has 24 heavy (non-hydrogen) atoms. The molecule has 0 radical (unpaired) electrons. The molecule has 0 saturated heterocycles. The summed E-state index contributed by atoms with van der Waals surface area (Å²) in [4.78, 5) is 20.8. The summed E-state index contributed by atoms with van der Waals surface area (Å²) in [6, 6.07) is 9.62. The maximum atomic E-state index is 11.0. The number of hydrogen-bond donors (Lipinski definition) is 2. The van der Waals surface area contributed by atoms with Gasteiger partial charge in [0, 0.05) is 35.4 Å². The van der Waals surface area contributed by atoms with Gasteiger partial charge in [0.05, 0.1) is 9.85 Å². The lowest BCUT2D eigenvalue weighted by Crippen LogP contribution is -2.12. The van der Waals surface area contributed by atoms with Gasteiger partial charge in [-0.2, -0.15) is 0 Å². The number of nitrogens with zero attached hydrogens (tertiary/aromatic N) is 3. The van der Waals surface area contributed by atoms with Gasteiger partial charge in [-0.05, 0) is 18.5 Å². The second-order valence-corrected chi connectivity index (χ2v) is 4.89. The van der Waals surface area contributed by atoms with E-state index in [-0.39, 0.29) is 22.6 Å². The van der Waals surface area contributed by atoms with E-state index in [2.05, 4.69) is 5.16 Å². The van der Waals surface area contributed by atoms with Crippen LogP contribution in [0.1, 0.15) is 16.7 Å². The molecule has 0 heterocycles. The molecule has 9 nitrogen and oxygen atoms in total. The van der Waals surface area contributed by atoms with Crippen LogP contribution in [0.15, 0.2) is 47.6 Å². The molecule has 0 bridgehead atoms. The van der Waals surface area contributed by atoms with Gasteiger partial charge in [-0.25, -0.2) is 0 Å². The average molecular weight is 330 g/mol. The second kappa shape index (κ2) is 7.29. The van der Waals surface area contributed by atoms with E-state index in [1.807, 2.05) is 0 Å². The van der Waals surface area contributed by atoms with Crippen molar-refractivity contribution in [3.05, 3.63) is 79.4 Å². The monoisotopic (exact) mass is 330 g/mol. The number of nitrogens with two attached hydrogens (primary N) is 1. The summed E-state index contributed by atoms with van der Waals surface area (Å²) in [6.45, 7) is 0.290. The fourth-order valence-electron chi connectivity index (χ4n) is 2.31. The first-order chi connectivity index (χ1) is 11.5. The molecule has 0 amide bonds. The zero-order valence-corrected chi connectivity index (χ0v) is 12.5. The molecule has 0 aliphatic rings. The summed E-state index contributed by atoms with van der Waals surface area (Å²) in [5.74, 6) is 0. The van der Waals surface area contributed by atoms with Crippen molar-refractivity contribution in [3.8, 4) is 0 Å². The molecule has 3 N–H and O–H groups in total. The molecule has 0 aliphatic heterocycles. The van der Waals surface area contributed by atoms with E-state index in [0.717, 1.165) is 0 Å². The Balaban J connectivity index is 2.61. The molecule has 9 heteroatoms. The third-order valence-electron chi connectivity index (χ3n) is 3.40. The molecule has 124 valence electrons. The van der Waals surface area contributed by atoms with Crippen LogP contribution in [0.4, 0.5) is 11.4 Å². The maximum Gasteiger partial charge on any atom is 0.270 e. The number of non-ortho nitro benzene ring substituents is 2. The van der Waals surface area contributed by atoms with E-state index in [1.54, 1.807) is 0 Å². The molecule has 0 spiro atoms. The minimum atomic E-state index is -0.577. The maximum absolute atomic E-state index is 11.0.